The van der Waals surface area contributed by atoms with Gasteiger partial charge in [0.15, 0.2) is 5.78 Å². The predicted octanol–water partition coefficient (Wildman–Crippen LogP) is 1.64. The number of rotatable bonds is 7. The van der Waals surface area contributed by atoms with Gasteiger partial charge in [-0.3, -0.25) is 14.4 Å². The number of carbonyl (C=O) groups excluding carboxylic acids is 3. The van der Waals surface area contributed by atoms with E-state index in [0.29, 0.717) is 12.0 Å². The van der Waals surface area contributed by atoms with Crippen LogP contribution in [-0.4, -0.2) is 98.4 Å². The molecule has 3 heterocycles. The van der Waals surface area contributed by atoms with E-state index in [0.717, 1.165) is 31.9 Å². The third kappa shape index (κ3) is 5.18. The normalized spacial score (nSPS) is 26.7. The fourth-order valence-electron chi connectivity index (χ4n) is 5.12. The number of amides is 2. The van der Waals surface area contributed by atoms with Gasteiger partial charge >= 0.3 is 0 Å². The molecule has 35 heavy (non-hydrogen) atoms. The Labute approximate surface area is 204 Å². The van der Waals surface area contributed by atoms with Crippen LogP contribution in [0.3, 0.4) is 0 Å². The summed E-state index contributed by atoms with van der Waals surface area (Å²) in [4.78, 5) is 44.7. The molecule has 3 saturated heterocycles. The zero-order valence-electron chi connectivity index (χ0n) is 20.5. The lowest BCUT2D eigenvalue weighted by atomic mass is 9.96. The van der Waals surface area contributed by atoms with Crippen LogP contribution in [0, 0.1) is 11.8 Å². The van der Waals surface area contributed by atoms with Gasteiger partial charge in [0.05, 0.1) is 12.0 Å². The van der Waals surface area contributed by atoms with E-state index in [4.69, 9.17) is 4.74 Å². The van der Waals surface area contributed by atoms with Crippen molar-refractivity contribution in [2.75, 3.05) is 51.3 Å². The molecule has 0 saturated carbocycles. The van der Waals surface area contributed by atoms with Crippen molar-refractivity contribution in [3.8, 4) is 0 Å². The molecule has 0 bridgehead atoms. The van der Waals surface area contributed by atoms with Crippen molar-refractivity contribution in [1.29, 1.82) is 0 Å². The zero-order valence-corrected chi connectivity index (χ0v) is 20.5. The summed E-state index contributed by atoms with van der Waals surface area (Å²) >= 11 is 0. The minimum Gasteiger partial charge on any atom is -0.369 e. The van der Waals surface area contributed by atoms with Crippen LogP contribution in [0.1, 0.15) is 30.6 Å². The Morgan fingerprint density at radius 3 is 2.40 bits per heavy atom. The highest BCUT2D eigenvalue weighted by Crippen LogP contribution is 2.36. The van der Waals surface area contributed by atoms with Gasteiger partial charge in [-0.1, -0.05) is 20.3 Å². The van der Waals surface area contributed by atoms with Gasteiger partial charge in [-0.25, -0.2) is 8.78 Å². The van der Waals surface area contributed by atoms with Crippen molar-refractivity contribution in [3.63, 3.8) is 0 Å². The number of benzene rings is 1. The van der Waals surface area contributed by atoms with Crippen LogP contribution < -0.4 is 10.2 Å². The minimum atomic E-state index is -2.71. The Kier molecular flexibility index (Phi) is 7.70. The number of fused-ring (bicyclic) bond motifs is 1. The number of Topliss-reactive ketones (excluding diaryl/α,β-unsaturated/α-hetero) is 1. The third-order valence-electron chi connectivity index (χ3n) is 7.59. The van der Waals surface area contributed by atoms with Crippen LogP contribution in [0.5, 0.6) is 0 Å². The van der Waals surface area contributed by atoms with E-state index in [1.165, 1.54) is 4.90 Å². The van der Waals surface area contributed by atoms with Crippen molar-refractivity contribution < 1.29 is 27.9 Å². The topological polar surface area (TPSA) is 82.2 Å². The van der Waals surface area contributed by atoms with Crippen molar-refractivity contribution in [2.24, 2.45) is 11.8 Å². The first-order chi connectivity index (χ1) is 16.7. The Balaban J connectivity index is 1.47. The number of anilines is 1. The molecule has 0 spiro atoms. The second-order valence-electron chi connectivity index (χ2n) is 9.85. The second kappa shape index (κ2) is 10.6. The Morgan fingerprint density at radius 1 is 1.14 bits per heavy atom. The van der Waals surface area contributed by atoms with Gasteiger partial charge in [0.1, 0.15) is 18.7 Å². The van der Waals surface area contributed by atoms with E-state index in [-0.39, 0.29) is 24.9 Å². The number of likely N-dealkylation sites (N-methyl/N-ethyl adjacent to an activating group) is 1. The average Bonchev–Trinajstić information content (AvgIpc) is 3.43. The number of carbonyl (C=O) groups is 3. The van der Waals surface area contributed by atoms with E-state index in [9.17, 15) is 23.2 Å². The molecule has 3 fully saturated rings. The van der Waals surface area contributed by atoms with Gasteiger partial charge in [0, 0.05) is 44.0 Å². The number of nitrogens with zero attached hydrogens (tertiary/aromatic N) is 3. The fraction of sp³-hybridized carbons (Fsp3) is 0.640. The summed E-state index contributed by atoms with van der Waals surface area (Å²) in [6, 6.07) is 5.30. The minimum absolute atomic E-state index is 0.252. The first-order valence-electron chi connectivity index (χ1n) is 12.3. The average molecular weight is 493 g/mol. The molecule has 1 N–H and O–H groups in total. The summed E-state index contributed by atoms with van der Waals surface area (Å²) < 4.78 is 32.5. The number of ether oxygens (including phenoxy) is 1. The molecule has 0 aromatic heterocycles. The first-order valence-corrected chi connectivity index (χ1v) is 12.3. The molecule has 8 nitrogen and oxygen atoms in total. The molecule has 0 radical (unpaired) electrons. The van der Waals surface area contributed by atoms with E-state index in [1.54, 1.807) is 12.1 Å². The molecule has 0 aliphatic carbocycles. The van der Waals surface area contributed by atoms with E-state index in [2.05, 4.69) is 22.2 Å². The maximum Gasteiger partial charge on any atom is 0.251 e. The monoisotopic (exact) mass is 492 g/mol. The number of piperazine rings is 1. The molecule has 2 amide bonds. The number of halogens is 2. The maximum atomic E-state index is 13.6. The van der Waals surface area contributed by atoms with E-state index < -0.39 is 42.3 Å². The quantitative estimate of drug-likeness (QED) is 0.624. The predicted molar refractivity (Wildman–Crippen MR) is 127 cm³/mol. The van der Waals surface area contributed by atoms with E-state index >= 15 is 0 Å². The Bertz CT molecular complexity index is 936. The fourth-order valence-corrected chi connectivity index (χ4v) is 5.12. The lowest BCUT2D eigenvalue weighted by Gasteiger charge is -2.34. The Hall–Kier alpha value is -2.59. The molecule has 1 aromatic carbocycles. The van der Waals surface area contributed by atoms with Gasteiger partial charge in [0.2, 0.25) is 12.3 Å². The van der Waals surface area contributed by atoms with Crippen LogP contribution in [0.4, 0.5) is 14.5 Å². The number of hydrogen-bond donors (Lipinski definition) is 1. The number of nitrogens with one attached hydrogen (secondary N) is 1. The molecule has 192 valence electrons. The van der Waals surface area contributed by atoms with Crippen LogP contribution in [0.2, 0.25) is 0 Å². The maximum absolute atomic E-state index is 13.6. The highest BCUT2D eigenvalue weighted by atomic mass is 19.3. The molecule has 4 rings (SSSR count). The van der Waals surface area contributed by atoms with Crippen molar-refractivity contribution in [1.82, 2.24) is 15.1 Å². The van der Waals surface area contributed by atoms with Crippen LogP contribution in [0.25, 0.3) is 0 Å². The summed E-state index contributed by atoms with van der Waals surface area (Å²) in [7, 11) is 2.09. The van der Waals surface area contributed by atoms with Crippen molar-refractivity contribution in [3.05, 3.63) is 29.8 Å². The smallest absolute Gasteiger partial charge is 0.251 e. The van der Waals surface area contributed by atoms with Gasteiger partial charge in [0.25, 0.3) is 5.91 Å². The number of alkyl halides is 2. The first kappa shape index (κ1) is 25.5. The number of ketones is 1. The molecular formula is C25H34F2N4O4. The standard InChI is InChI=1S/C25H34F2N4O4/c1-4-15(2)20(25(34)31-13-18(23(26)27)22-21(31)19(32)14-35-22)28-24(33)16-5-7-17(8-6-16)30-11-9-29(3)10-12-30/h5-8,15,18,20-23H,4,9-14H2,1-3H3,(H,28,33)/t15-,18+,20-,21+,22+/m0/s1. The summed E-state index contributed by atoms with van der Waals surface area (Å²) in [5, 5.41) is 2.81. The Morgan fingerprint density at radius 2 is 1.80 bits per heavy atom. The molecule has 3 aliphatic rings. The molecule has 1 aromatic rings. The number of hydrogen-bond acceptors (Lipinski definition) is 6. The van der Waals surface area contributed by atoms with Gasteiger partial charge in [-0.05, 0) is 37.2 Å². The molecule has 0 unspecified atom stereocenters. The van der Waals surface area contributed by atoms with Crippen LogP contribution >= 0.6 is 0 Å². The zero-order chi connectivity index (χ0) is 25.3. The summed E-state index contributed by atoms with van der Waals surface area (Å²) in [6.07, 6.45) is -3.12. The van der Waals surface area contributed by atoms with Crippen molar-refractivity contribution >= 4 is 23.3 Å². The SMILES string of the molecule is CC[C@H](C)[C@H](NC(=O)c1ccc(N2CCN(C)CC2)cc1)C(=O)N1C[C@@H](C(F)F)[C@H]2OCC(=O)[C@H]21. The lowest BCUT2D eigenvalue weighted by molar-refractivity contribution is -0.139. The summed E-state index contributed by atoms with van der Waals surface area (Å²) in [5.74, 6) is -2.77. The highest BCUT2D eigenvalue weighted by molar-refractivity contribution is 5.99. The summed E-state index contributed by atoms with van der Waals surface area (Å²) in [5.41, 5.74) is 1.44. The van der Waals surface area contributed by atoms with Crippen LogP contribution in [0.15, 0.2) is 24.3 Å². The molecular weight excluding hydrogens is 458 g/mol. The van der Waals surface area contributed by atoms with Gasteiger partial charge in [-0.15, -0.1) is 0 Å². The molecule has 5 atom stereocenters. The number of likely N-dealkylation sites (tertiary alicyclic amines) is 1. The third-order valence-corrected chi connectivity index (χ3v) is 7.59. The van der Waals surface area contributed by atoms with Crippen molar-refractivity contribution in [2.45, 2.75) is 44.9 Å². The second-order valence-corrected chi connectivity index (χ2v) is 9.85. The summed E-state index contributed by atoms with van der Waals surface area (Å²) in [6.45, 7) is 6.94. The highest BCUT2D eigenvalue weighted by Gasteiger charge is 2.56. The largest absolute Gasteiger partial charge is 0.369 e. The van der Waals surface area contributed by atoms with Gasteiger partial charge < -0.3 is 24.8 Å². The van der Waals surface area contributed by atoms with Gasteiger partial charge in [-0.2, -0.15) is 0 Å². The van der Waals surface area contributed by atoms with E-state index in [1.807, 2.05) is 26.0 Å². The molecule has 3 aliphatic heterocycles. The van der Waals surface area contributed by atoms with Crippen LogP contribution in [-0.2, 0) is 14.3 Å². The molecule has 10 heteroatoms. The lowest BCUT2D eigenvalue weighted by Crippen LogP contribution is -2.54.